The summed E-state index contributed by atoms with van der Waals surface area (Å²) in [7, 11) is 0. The van der Waals surface area contributed by atoms with Crippen molar-refractivity contribution in [1.29, 1.82) is 0 Å². The molecule has 0 aliphatic carbocycles. The van der Waals surface area contributed by atoms with Gasteiger partial charge in [0.05, 0.1) is 25.0 Å². The van der Waals surface area contributed by atoms with Gasteiger partial charge in [0.2, 0.25) is 0 Å². The average molecular weight is 210 g/mol. The molecule has 0 bridgehead atoms. The minimum atomic E-state index is -0.281. The maximum atomic E-state index is 10.9. The Morgan fingerprint density at radius 3 is 3.00 bits per heavy atom. The summed E-state index contributed by atoms with van der Waals surface area (Å²) in [5.74, 6) is -0.152. The summed E-state index contributed by atoms with van der Waals surface area (Å²) >= 11 is 0. The van der Waals surface area contributed by atoms with Gasteiger partial charge in [0.25, 0.3) is 0 Å². The molecule has 1 aromatic rings. The van der Waals surface area contributed by atoms with E-state index in [9.17, 15) is 4.79 Å². The van der Waals surface area contributed by atoms with Crippen LogP contribution >= 0.6 is 0 Å². The summed E-state index contributed by atoms with van der Waals surface area (Å²) in [5.41, 5.74) is 0.761. The molecule has 0 fully saturated rings. The van der Waals surface area contributed by atoms with Crippen molar-refractivity contribution in [3.8, 4) is 5.75 Å². The number of carbonyl (C=O) groups excluding carboxylic acids is 1. The van der Waals surface area contributed by atoms with Crippen LogP contribution in [-0.2, 0) is 16.1 Å². The van der Waals surface area contributed by atoms with Crippen molar-refractivity contribution in [2.75, 3.05) is 13.2 Å². The molecule has 0 amide bonds. The Morgan fingerprint density at radius 2 is 2.40 bits per heavy atom. The number of hydrogen-bond acceptors (Lipinski definition) is 5. The molecule has 5 heteroatoms. The topological polar surface area (TPSA) is 71.5 Å². The van der Waals surface area contributed by atoms with Crippen LogP contribution in [0, 0.1) is 0 Å². The van der Waals surface area contributed by atoms with Crippen molar-refractivity contribution in [3.05, 3.63) is 24.0 Å². The van der Waals surface area contributed by atoms with Crippen molar-refractivity contribution >= 4 is 5.97 Å². The van der Waals surface area contributed by atoms with E-state index in [2.05, 4.69) is 10.3 Å². The van der Waals surface area contributed by atoms with Crippen LogP contribution in [0.15, 0.2) is 18.3 Å². The first-order valence-corrected chi connectivity index (χ1v) is 4.72. The number of aromatic hydroxyl groups is 1. The smallest absolute Gasteiger partial charge is 0.319 e. The van der Waals surface area contributed by atoms with Crippen LogP contribution in [0.25, 0.3) is 0 Å². The van der Waals surface area contributed by atoms with E-state index < -0.39 is 0 Å². The first-order chi connectivity index (χ1) is 7.22. The van der Waals surface area contributed by atoms with E-state index in [1.54, 1.807) is 19.1 Å². The van der Waals surface area contributed by atoms with Gasteiger partial charge in [-0.1, -0.05) is 0 Å². The lowest BCUT2D eigenvalue weighted by Gasteiger charge is -2.03. The van der Waals surface area contributed by atoms with E-state index in [4.69, 9.17) is 9.84 Å². The molecule has 82 valence electrons. The average Bonchev–Trinajstić information content (AvgIpc) is 2.21. The van der Waals surface area contributed by atoms with Gasteiger partial charge in [-0.3, -0.25) is 9.78 Å². The molecule has 0 aliphatic rings. The molecule has 0 unspecified atom stereocenters. The van der Waals surface area contributed by atoms with E-state index in [0.29, 0.717) is 13.2 Å². The second-order valence-corrected chi connectivity index (χ2v) is 2.92. The SMILES string of the molecule is CCOC(=O)CNCc1ccc(O)cn1. The molecule has 0 radical (unpaired) electrons. The molecule has 2 N–H and O–H groups in total. The predicted molar refractivity (Wildman–Crippen MR) is 54.2 cm³/mol. The fraction of sp³-hybridized carbons (Fsp3) is 0.400. The zero-order valence-electron chi connectivity index (χ0n) is 8.56. The number of nitrogens with one attached hydrogen (secondary N) is 1. The lowest BCUT2D eigenvalue weighted by atomic mass is 10.3. The van der Waals surface area contributed by atoms with Crippen molar-refractivity contribution in [1.82, 2.24) is 10.3 Å². The molecule has 0 spiro atoms. The lowest BCUT2D eigenvalue weighted by molar-refractivity contribution is -0.142. The lowest BCUT2D eigenvalue weighted by Crippen LogP contribution is -2.24. The molecular formula is C10H14N2O3. The third-order valence-corrected chi connectivity index (χ3v) is 1.69. The van der Waals surface area contributed by atoms with E-state index in [-0.39, 0.29) is 18.3 Å². The minimum Gasteiger partial charge on any atom is -0.506 e. The van der Waals surface area contributed by atoms with Gasteiger partial charge in [-0.2, -0.15) is 0 Å². The molecule has 0 saturated carbocycles. The van der Waals surface area contributed by atoms with Gasteiger partial charge in [0.15, 0.2) is 0 Å². The third-order valence-electron chi connectivity index (χ3n) is 1.69. The molecule has 1 heterocycles. The van der Waals surface area contributed by atoms with Crippen LogP contribution in [0.4, 0.5) is 0 Å². The Morgan fingerprint density at radius 1 is 1.60 bits per heavy atom. The van der Waals surface area contributed by atoms with Crippen molar-refractivity contribution in [2.45, 2.75) is 13.5 Å². The zero-order valence-corrected chi connectivity index (χ0v) is 8.56. The molecule has 0 atom stereocenters. The van der Waals surface area contributed by atoms with E-state index in [1.165, 1.54) is 6.20 Å². The van der Waals surface area contributed by atoms with Gasteiger partial charge >= 0.3 is 5.97 Å². The zero-order chi connectivity index (χ0) is 11.1. The fourth-order valence-electron chi connectivity index (χ4n) is 1.03. The Hall–Kier alpha value is -1.62. The van der Waals surface area contributed by atoms with Gasteiger partial charge in [-0.25, -0.2) is 0 Å². The molecular weight excluding hydrogens is 196 g/mol. The van der Waals surface area contributed by atoms with Crippen LogP contribution in [-0.4, -0.2) is 29.2 Å². The van der Waals surface area contributed by atoms with Crippen molar-refractivity contribution < 1.29 is 14.6 Å². The monoisotopic (exact) mass is 210 g/mol. The van der Waals surface area contributed by atoms with Gasteiger partial charge in [-0.15, -0.1) is 0 Å². The molecule has 0 aromatic carbocycles. The highest BCUT2D eigenvalue weighted by molar-refractivity contribution is 5.71. The molecule has 15 heavy (non-hydrogen) atoms. The standard InChI is InChI=1S/C10H14N2O3/c1-2-15-10(14)7-11-5-8-3-4-9(13)6-12-8/h3-4,6,11,13H,2,5,7H2,1H3. The summed E-state index contributed by atoms with van der Waals surface area (Å²) in [6.07, 6.45) is 1.36. The number of ether oxygens (including phenoxy) is 1. The summed E-state index contributed by atoms with van der Waals surface area (Å²) in [6.45, 7) is 2.78. The molecule has 0 aliphatic heterocycles. The number of rotatable bonds is 5. The summed E-state index contributed by atoms with van der Waals surface area (Å²) in [5, 5.41) is 11.9. The predicted octanol–water partition coefficient (Wildman–Crippen LogP) is 0.440. The highest BCUT2D eigenvalue weighted by atomic mass is 16.5. The number of nitrogens with zero attached hydrogens (tertiary/aromatic N) is 1. The Bertz CT molecular complexity index is 311. The number of esters is 1. The molecule has 5 nitrogen and oxygen atoms in total. The first kappa shape index (κ1) is 11.5. The van der Waals surface area contributed by atoms with Gasteiger partial charge < -0.3 is 15.2 Å². The van der Waals surface area contributed by atoms with E-state index in [1.807, 2.05) is 0 Å². The first-order valence-electron chi connectivity index (χ1n) is 4.72. The Labute approximate surface area is 88.1 Å². The maximum absolute atomic E-state index is 10.9. The number of carbonyl (C=O) groups is 1. The van der Waals surface area contributed by atoms with Crippen molar-refractivity contribution in [2.24, 2.45) is 0 Å². The summed E-state index contributed by atoms with van der Waals surface area (Å²) in [6, 6.07) is 3.24. The van der Waals surface area contributed by atoms with Crippen LogP contribution < -0.4 is 5.32 Å². The van der Waals surface area contributed by atoms with Crippen molar-refractivity contribution in [3.63, 3.8) is 0 Å². The van der Waals surface area contributed by atoms with Crippen LogP contribution in [0.3, 0.4) is 0 Å². The van der Waals surface area contributed by atoms with E-state index in [0.717, 1.165) is 5.69 Å². The van der Waals surface area contributed by atoms with Gasteiger partial charge in [0, 0.05) is 6.54 Å². The largest absolute Gasteiger partial charge is 0.506 e. The van der Waals surface area contributed by atoms with Crippen LogP contribution in [0.1, 0.15) is 12.6 Å². The summed E-state index contributed by atoms with van der Waals surface area (Å²) < 4.78 is 4.74. The maximum Gasteiger partial charge on any atom is 0.319 e. The van der Waals surface area contributed by atoms with Crippen LogP contribution in [0.2, 0.25) is 0 Å². The third kappa shape index (κ3) is 4.42. The number of pyridine rings is 1. The quantitative estimate of drug-likeness (QED) is 0.690. The highest BCUT2D eigenvalue weighted by Crippen LogP contribution is 2.05. The Kier molecular flexibility index (Phi) is 4.56. The Balaban J connectivity index is 2.26. The summed E-state index contributed by atoms with van der Waals surface area (Å²) in [4.78, 5) is 14.9. The second-order valence-electron chi connectivity index (χ2n) is 2.92. The van der Waals surface area contributed by atoms with Gasteiger partial charge in [-0.05, 0) is 19.1 Å². The second kappa shape index (κ2) is 5.98. The fourth-order valence-corrected chi connectivity index (χ4v) is 1.03. The van der Waals surface area contributed by atoms with E-state index >= 15 is 0 Å². The molecule has 0 saturated heterocycles. The van der Waals surface area contributed by atoms with Gasteiger partial charge in [0.1, 0.15) is 5.75 Å². The minimum absolute atomic E-state index is 0.129. The van der Waals surface area contributed by atoms with Crippen LogP contribution in [0.5, 0.6) is 5.75 Å². The number of aromatic nitrogens is 1. The number of hydrogen-bond donors (Lipinski definition) is 2. The molecule has 1 aromatic heterocycles. The normalized spacial score (nSPS) is 9.93. The highest BCUT2D eigenvalue weighted by Gasteiger charge is 2.00. The molecule has 1 rings (SSSR count).